The van der Waals surface area contributed by atoms with Gasteiger partial charge in [0.1, 0.15) is 5.88 Å². The quantitative estimate of drug-likeness (QED) is 0.566. The molecule has 0 aliphatic rings. The van der Waals surface area contributed by atoms with Gasteiger partial charge in [0.05, 0.1) is 0 Å². The Hall–Kier alpha value is 0.110. The molecule has 0 aliphatic heterocycles. The number of hydrogen-bond acceptors (Lipinski definition) is 2. The predicted octanol–water partition coefficient (Wildman–Crippen LogP) is 1.87. The summed E-state index contributed by atoms with van der Waals surface area (Å²) >= 11 is 7.13. The lowest BCUT2D eigenvalue weighted by molar-refractivity contribution is -0.118. The maximum Gasteiger partial charge on any atom is 0.234 e. The number of rotatable bonds is 4. The van der Waals surface area contributed by atoms with Crippen molar-refractivity contribution in [1.29, 1.82) is 0 Å². The standard InChI is InChI=1S/C8H16ClNOS/c1-8(2,3)12-5-4-10-7(11)6-9/h4-6H2,1-3H3,(H,10,11). The van der Waals surface area contributed by atoms with Crippen molar-refractivity contribution in [3.05, 3.63) is 0 Å². The average Bonchev–Trinajstić information content (AvgIpc) is 1.96. The molecule has 0 aromatic heterocycles. The van der Waals surface area contributed by atoms with Crippen molar-refractivity contribution in [1.82, 2.24) is 5.32 Å². The van der Waals surface area contributed by atoms with Gasteiger partial charge < -0.3 is 5.32 Å². The van der Waals surface area contributed by atoms with Gasteiger partial charge in [0.15, 0.2) is 0 Å². The highest BCUT2D eigenvalue weighted by Gasteiger charge is 2.09. The molecule has 0 aromatic rings. The van der Waals surface area contributed by atoms with E-state index < -0.39 is 0 Å². The van der Waals surface area contributed by atoms with Crippen LogP contribution >= 0.6 is 23.4 Å². The van der Waals surface area contributed by atoms with Crippen LogP contribution in [0.4, 0.5) is 0 Å². The fraction of sp³-hybridized carbons (Fsp3) is 0.875. The summed E-state index contributed by atoms with van der Waals surface area (Å²) in [4.78, 5) is 10.7. The summed E-state index contributed by atoms with van der Waals surface area (Å²) in [5, 5.41) is 2.71. The largest absolute Gasteiger partial charge is 0.354 e. The van der Waals surface area contributed by atoms with E-state index in [1.54, 1.807) is 0 Å². The summed E-state index contributed by atoms with van der Waals surface area (Å²) in [5.41, 5.74) is 0. The fourth-order valence-corrected chi connectivity index (χ4v) is 1.51. The molecule has 1 amide bonds. The average molecular weight is 210 g/mol. The first-order valence-corrected chi connectivity index (χ1v) is 5.44. The molecule has 2 nitrogen and oxygen atoms in total. The van der Waals surface area contributed by atoms with Gasteiger partial charge in [-0.05, 0) is 0 Å². The smallest absolute Gasteiger partial charge is 0.234 e. The lowest BCUT2D eigenvalue weighted by Crippen LogP contribution is -2.27. The Morgan fingerprint density at radius 2 is 2.08 bits per heavy atom. The van der Waals surface area contributed by atoms with Crippen molar-refractivity contribution in [2.75, 3.05) is 18.2 Å². The summed E-state index contributed by atoms with van der Waals surface area (Å²) in [7, 11) is 0. The molecule has 72 valence electrons. The summed E-state index contributed by atoms with van der Waals surface area (Å²) in [6, 6.07) is 0. The maximum absolute atomic E-state index is 10.7. The van der Waals surface area contributed by atoms with Gasteiger partial charge in [0, 0.05) is 17.0 Å². The molecule has 4 heteroatoms. The first kappa shape index (κ1) is 12.1. The van der Waals surface area contributed by atoms with E-state index in [-0.39, 0.29) is 16.5 Å². The van der Waals surface area contributed by atoms with Gasteiger partial charge in [0.2, 0.25) is 5.91 Å². The first-order chi connectivity index (χ1) is 5.45. The van der Waals surface area contributed by atoms with E-state index in [1.165, 1.54) is 0 Å². The van der Waals surface area contributed by atoms with Crippen molar-refractivity contribution < 1.29 is 4.79 Å². The Morgan fingerprint density at radius 3 is 2.50 bits per heavy atom. The van der Waals surface area contributed by atoms with E-state index in [4.69, 9.17) is 11.6 Å². The van der Waals surface area contributed by atoms with Gasteiger partial charge in [-0.2, -0.15) is 11.8 Å². The Balaban J connectivity index is 3.28. The monoisotopic (exact) mass is 209 g/mol. The number of halogens is 1. The normalized spacial score (nSPS) is 11.3. The minimum Gasteiger partial charge on any atom is -0.354 e. The van der Waals surface area contributed by atoms with Crippen molar-refractivity contribution in [3.8, 4) is 0 Å². The lowest BCUT2D eigenvalue weighted by atomic mass is 10.3. The van der Waals surface area contributed by atoms with Crippen molar-refractivity contribution in [2.45, 2.75) is 25.5 Å². The third kappa shape index (κ3) is 8.21. The van der Waals surface area contributed by atoms with Crippen LogP contribution in [-0.2, 0) is 4.79 Å². The Kier molecular flexibility index (Phi) is 5.76. The third-order valence-electron chi connectivity index (χ3n) is 1.08. The maximum atomic E-state index is 10.7. The summed E-state index contributed by atoms with van der Waals surface area (Å²) < 4.78 is 0.270. The molecule has 0 atom stereocenters. The summed E-state index contributed by atoms with van der Waals surface area (Å²) in [6.45, 7) is 7.16. The summed E-state index contributed by atoms with van der Waals surface area (Å²) in [6.07, 6.45) is 0. The number of carbonyl (C=O) groups is 1. The number of nitrogens with one attached hydrogen (secondary N) is 1. The molecule has 0 aliphatic carbocycles. The van der Waals surface area contributed by atoms with Crippen LogP contribution in [0.3, 0.4) is 0 Å². The molecular formula is C8H16ClNOS. The highest BCUT2D eigenvalue weighted by Crippen LogP contribution is 2.21. The number of amides is 1. The van der Waals surface area contributed by atoms with Crippen LogP contribution in [0.15, 0.2) is 0 Å². The Morgan fingerprint density at radius 1 is 1.50 bits per heavy atom. The zero-order valence-electron chi connectivity index (χ0n) is 7.82. The van der Waals surface area contributed by atoms with Crippen LogP contribution in [0, 0.1) is 0 Å². The second-order valence-corrected chi connectivity index (χ2v) is 5.63. The molecule has 0 bridgehead atoms. The molecule has 0 spiro atoms. The van der Waals surface area contributed by atoms with Crippen LogP contribution in [0.2, 0.25) is 0 Å². The van der Waals surface area contributed by atoms with Crippen LogP contribution in [0.1, 0.15) is 20.8 Å². The van der Waals surface area contributed by atoms with Crippen molar-refractivity contribution in [2.24, 2.45) is 0 Å². The SMILES string of the molecule is CC(C)(C)SCCNC(=O)CCl. The molecule has 0 unspecified atom stereocenters. The number of carbonyl (C=O) groups excluding carboxylic acids is 1. The lowest BCUT2D eigenvalue weighted by Gasteiger charge is -2.17. The van der Waals surface area contributed by atoms with Gasteiger partial charge in [-0.25, -0.2) is 0 Å². The number of alkyl halides is 1. The van der Waals surface area contributed by atoms with E-state index in [0.717, 1.165) is 5.75 Å². The second kappa shape index (κ2) is 5.70. The highest BCUT2D eigenvalue weighted by atomic mass is 35.5. The molecular weight excluding hydrogens is 194 g/mol. The van der Waals surface area contributed by atoms with Crippen LogP contribution in [0.25, 0.3) is 0 Å². The Labute approximate surface area is 83.4 Å². The first-order valence-electron chi connectivity index (χ1n) is 3.92. The topological polar surface area (TPSA) is 29.1 Å². The van der Waals surface area contributed by atoms with Crippen LogP contribution < -0.4 is 5.32 Å². The van der Waals surface area contributed by atoms with Gasteiger partial charge in [-0.3, -0.25) is 4.79 Å². The Bertz CT molecular complexity index is 144. The molecule has 1 N–H and O–H groups in total. The second-order valence-electron chi connectivity index (χ2n) is 3.44. The highest BCUT2D eigenvalue weighted by molar-refractivity contribution is 8.00. The third-order valence-corrected chi connectivity index (χ3v) is 2.60. The predicted molar refractivity (Wildman–Crippen MR) is 55.9 cm³/mol. The van der Waals surface area contributed by atoms with Crippen LogP contribution in [0.5, 0.6) is 0 Å². The van der Waals surface area contributed by atoms with Gasteiger partial charge in [0.25, 0.3) is 0 Å². The molecule has 0 heterocycles. The van der Waals surface area contributed by atoms with E-state index in [1.807, 2.05) is 11.8 Å². The molecule has 0 aromatic carbocycles. The van der Waals surface area contributed by atoms with Gasteiger partial charge >= 0.3 is 0 Å². The van der Waals surface area contributed by atoms with Gasteiger partial charge in [-0.15, -0.1) is 11.6 Å². The molecule has 0 radical (unpaired) electrons. The van der Waals surface area contributed by atoms with Crippen molar-refractivity contribution >= 4 is 29.3 Å². The molecule has 0 saturated carbocycles. The molecule has 0 rings (SSSR count). The molecule has 0 saturated heterocycles. The summed E-state index contributed by atoms with van der Waals surface area (Å²) in [5.74, 6) is 0.901. The van der Waals surface area contributed by atoms with Crippen LogP contribution in [-0.4, -0.2) is 28.8 Å². The van der Waals surface area contributed by atoms with Gasteiger partial charge in [-0.1, -0.05) is 20.8 Å². The minimum atomic E-state index is -0.0915. The number of hydrogen-bond donors (Lipinski definition) is 1. The van der Waals surface area contributed by atoms with E-state index in [2.05, 4.69) is 26.1 Å². The zero-order valence-corrected chi connectivity index (χ0v) is 9.39. The fourth-order valence-electron chi connectivity index (χ4n) is 0.595. The number of thioether (sulfide) groups is 1. The van der Waals surface area contributed by atoms with E-state index in [9.17, 15) is 4.79 Å². The molecule has 12 heavy (non-hydrogen) atoms. The van der Waals surface area contributed by atoms with E-state index >= 15 is 0 Å². The van der Waals surface area contributed by atoms with E-state index in [0.29, 0.717) is 6.54 Å². The zero-order chi connectivity index (χ0) is 9.61. The minimum absolute atomic E-state index is 0.0557. The molecule has 0 fully saturated rings. The van der Waals surface area contributed by atoms with Crippen molar-refractivity contribution in [3.63, 3.8) is 0 Å².